The van der Waals surface area contributed by atoms with Crippen LogP contribution >= 0.6 is 24.2 Å². The first-order valence-electron chi connectivity index (χ1n) is 7.77. The smallest absolute Gasteiger partial charge is 0.353 e. The van der Waals surface area contributed by atoms with Crippen LogP contribution in [0.25, 0.3) is 0 Å². The lowest BCUT2D eigenvalue weighted by Gasteiger charge is -2.35. The van der Waals surface area contributed by atoms with E-state index in [0.29, 0.717) is 19.5 Å². The number of hydrogen-bond donors (Lipinski definition) is 2. The Bertz CT molecular complexity index is 542. The molecule has 0 spiro atoms. The highest BCUT2D eigenvalue weighted by Gasteiger charge is 2.43. The van der Waals surface area contributed by atoms with Crippen LogP contribution in [-0.2, 0) is 14.6 Å². The Morgan fingerprint density at radius 2 is 1.96 bits per heavy atom. The van der Waals surface area contributed by atoms with E-state index in [2.05, 4.69) is 10.6 Å². The minimum Gasteiger partial charge on any atom is -0.353 e. The first-order chi connectivity index (χ1) is 11.2. The Kier molecular flexibility index (Phi) is 8.79. The summed E-state index contributed by atoms with van der Waals surface area (Å²) in [6.07, 6.45) is -3.91. The van der Waals surface area contributed by atoms with Crippen LogP contribution in [0.1, 0.15) is 6.42 Å². The second kappa shape index (κ2) is 9.63. The zero-order chi connectivity index (χ0) is 17.8. The van der Waals surface area contributed by atoms with E-state index < -0.39 is 34.5 Å². The Hall–Kier alpha value is -0.230. The van der Waals surface area contributed by atoms with Crippen LogP contribution in [-0.4, -0.2) is 86.7 Å². The third-order valence-electron chi connectivity index (χ3n) is 4.10. The summed E-state index contributed by atoms with van der Waals surface area (Å²) in [4.78, 5) is 13.1. The van der Waals surface area contributed by atoms with Gasteiger partial charge in [-0.1, -0.05) is 0 Å². The van der Waals surface area contributed by atoms with Gasteiger partial charge in [0.2, 0.25) is 5.91 Å². The fourth-order valence-electron chi connectivity index (χ4n) is 2.79. The van der Waals surface area contributed by atoms with Gasteiger partial charge in [0, 0.05) is 38.0 Å². The van der Waals surface area contributed by atoms with Crippen LogP contribution in [0.5, 0.6) is 0 Å². The van der Waals surface area contributed by atoms with Gasteiger partial charge in [0.25, 0.3) is 0 Å². The number of nitrogens with zero attached hydrogens (tertiary/aromatic N) is 1. The first-order valence-corrected chi connectivity index (χ1v) is 10.6. The molecule has 0 radical (unpaired) electrons. The van der Waals surface area contributed by atoms with Gasteiger partial charge in [-0.3, -0.25) is 9.69 Å². The summed E-state index contributed by atoms with van der Waals surface area (Å²) >= 11 is 1.19. The second-order valence-corrected chi connectivity index (χ2v) is 9.50. The molecule has 0 aromatic heterocycles. The number of piperazine rings is 1. The van der Waals surface area contributed by atoms with Crippen molar-refractivity contribution < 1.29 is 26.4 Å². The molecular formula is C13H23ClF3N3O3S2. The van der Waals surface area contributed by atoms with E-state index in [4.69, 9.17) is 0 Å². The van der Waals surface area contributed by atoms with E-state index >= 15 is 0 Å². The highest BCUT2D eigenvalue weighted by atomic mass is 35.5. The number of sulfone groups is 1. The molecule has 25 heavy (non-hydrogen) atoms. The number of thioether (sulfide) groups is 1. The van der Waals surface area contributed by atoms with Crippen LogP contribution in [0.15, 0.2) is 0 Å². The Balaban J connectivity index is 0.00000312. The molecule has 0 aliphatic carbocycles. The van der Waals surface area contributed by atoms with E-state index in [1.54, 1.807) is 0 Å². The molecule has 12 heteroatoms. The minimum absolute atomic E-state index is 0. The average Bonchev–Trinajstić information content (AvgIpc) is 2.84. The maximum absolute atomic E-state index is 13.2. The molecule has 0 bridgehead atoms. The number of carbonyl (C=O) groups excluding carboxylic acids is 1. The monoisotopic (exact) mass is 425 g/mol. The molecule has 2 fully saturated rings. The van der Waals surface area contributed by atoms with Crippen molar-refractivity contribution in [2.45, 2.75) is 23.9 Å². The molecule has 148 valence electrons. The van der Waals surface area contributed by atoms with Gasteiger partial charge in [0.1, 0.15) is 6.04 Å². The molecule has 2 atom stereocenters. The predicted molar refractivity (Wildman–Crippen MR) is 94.1 cm³/mol. The van der Waals surface area contributed by atoms with Gasteiger partial charge in [0.15, 0.2) is 9.84 Å². The molecule has 0 aromatic rings. The van der Waals surface area contributed by atoms with Crippen molar-refractivity contribution in [2.75, 3.05) is 50.0 Å². The predicted octanol–water partition coefficient (Wildman–Crippen LogP) is 0.281. The van der Waals surface area contributed by atoms with E-state index in [-0.39, 0.29) is 48.0 Å². The van der Waals surface area contributed by atoms with Gasteiger partial charge < -0.3 is 10.6 Å². The third-order valence-corrected chi connectivity index (χ3v) is 7.39. The fraction of sp³-hybridized carbons (Fsp3) is 0.923. The molecular weight excluding hydrogens is 403 g/mol. The number of carbonyl (C=O) groups is 1. The maximum Gasteiger partial charge on any atom is 0.405 e. The number of halogens is 4. The standard InChI is InChI=1S/C13H22F3N3O3S2.ClH/c14-13(15,16)11(19-4-2-17-3-5-19)7-18-12(20)8-23-10-1-6-24(21,22)9-10;/h10-11,17H,1-9H2,(H,18,20);1H. The van der Waals surface area contributed by atoms with Gasteiger partial charge in [0.05, 0.1) is 17.3 Å². The molecule has 2 aliphatic heterocycles. The van der Waals surface area contributed by atoms with Crippen molar-refractivity contribution in [3.8, 4) is 0 Å². The first kappa shape index (κ1) is 22.8. The van der Waals surface area contributed by atoms with Crippen molar-refractivity contribution in [1.29, 1.82) is 0 Å². The van der Waals surface area contributed by atoms with Crippen molar-refractivity contribution in [3.63, 3.8) is 0 Å². The number of nitrogens with one attached hydrogen (secondary N) is 2. The van der Waals surface area contributed by atoms with Crippen molar-refractivity contribution in [2.24, 2.45) is 0 Å². The van der Waals surface area contributed by atoms with Crippen LogP contribution in [0.3, 0.4) is 0 Å². The molecule has 0 aromatic carbocycles. The zero-order valence-corrected chi connectivity index (χ0v) is 16.0. The second-order valence-electron chi connectivity index (χ2n) is 5.98. The summed E-state index contributed by atoms with van der Waals surface area (Å²) in [6, 6.07) is -1.69. The lowest BCUT2D eigenvalue weighted by Crippen LogP contribution is -2.57. The van der Waals surface area contributed by atoms with Gasteiger partial charge >= 0.3 is 6.18 Å². The minimum atomic E-state index is -4.41. The molecule has 2 N–H and O–H groups in total. The number of alkyl halides is 3. The number of rotatable bonds is 6. The molecule has 1 amide bonds. The summed E-state index contributed by atoms with van der Waals surface area (Å²) < 4.78 is 62.2. The van der Waals surface area contributed by atoms with Gasteiger partial charge in [-0.15, -0.1) is 24.2 Å². The molecule has 6 nitrogen and oxygen atoms in total. The summed E-state index contributed by atoms with van der Waals surface area (Å²) in [6.45, 7) is 1.08. The zero-order valence-electron chi connectivity index (χ0n) is 13.5. The van der Waals surface area contributed by atoms with Crippen molar-refractivity contribution in [3.05, 3.63) is 0 Å². The normalized spacial score (nSPS) is 25.2. The van der Waals surface area contributed by atoms with E-state index in [0.717, 1.165) is 0 Å². The Morgan fingerprint density at radius 3 is 2.48 bits per heavy atom. The van der Waals surface area contributed by atoms with E-state index in [1.807, 2.05) is 0 Å². The van der Waals surface area contributed by atoms with Crippen molar-refractivity contribution in [1.82, 2.24) is 15.5 Å². The fourth-order valence-corrected chi connectivity index (χ4v) is 6.27. The molecule has 2 saturated heterocycles. The lowest BCUT2D eigenvalue weighted by molar-refractivity contribution is -0.183. The number of amides is 1. The summed E-state index contributed by atoms with van der Waals surface area (Å²) in [7, 11) is -3.02. The van der Waals surface area contributed by atoms with Crippen LogP contribution in [0, 0.1) is 0 Å². The Morgan fingerprint density at radius 1 is 1.32 bits per heavy atom. The largest absolute Gasteiger partial charge is 0.405 e. The summed E-state index contributed by atoms with van der Waals surface area (Å²) in [5, 5.41) is 5.19. The van der Waals surface area contributed by atoms with Gasteiger partial charge in [-0.25, -0.2) is 8.42 Å². The van der Waals surface area contributed by atoms with Crippen LogP contribution in [0.4, 0.5) is 13.2 Å². The topological polar surface area (TPSA) is 78.5 Å². The quantitative estimate of drug-likeness (QED) is 0.636. The highest BCUT2D eigenvalue weighted by Crippen LogP contribution is 2.26. The molecule has 2 rings (SSSR count). The van der Waals surface area contributed by atoms with Crippen molar-refractivity contribution >= 4 is 39.9 Å². The van der Waals surface area contributed by atoms with Crippen LogP contribution < -0.4 is 10.6 Å². The van der Waals surface area contributed by atoms with Crippen LogP contribution in [0.2, 0.25) is 0 Å². The molecule has 2 unspecified atom stereocenters. The summed E-state index contributed by atoms with van der Waals surface area (Å²) in [5.74, 6) is -0.358. The average molecular weight is 426 g/mol. The SMILES string of the molecule is Cl.O=C(CSC1CCS(=O)(=O)C1)NCC(N1CCNCC1)C(F)(F)F. The lowest BCUT2D eigenvalue weighted by atomic mass is 10.2. The maximum atomic E-state index is 13.2. The molecule has 2 heterocycles. The van der Waals surface area contributed by atoms with E-state index in [1.165, 1.54) is 16.7 Å². The molecule has 2 aliphatic rings. The van der Waals surface area contributed by atoms with Gasteiger partial charge in [-0.2, -0.15) is 13.2 Å². The van der Waals surface area contributed by atoms with Gasteiger partial charge in [-0.05, 0) is 6.42 Å². The number of hydrogen-bond acceptors (Lipinski definition) is 6. The molecule has 0 saturated carbocycles. The van der Waals surface area contributed by atoms with E-state index in [9.17, 15) is 26.4 Å². The third kappa shape index (κ3) is 7.49. The Labute approximate surface area is 156 Å². The summed E-state index contributed by atoms with van der Waals surface area (Å²) in [5.41, 5.74) is 0. The highest BCUT2D eigenvalue weighted by molar-refractivity contribution is 8.02.